The summed E-state index contributed by atoms with van der Waals surface area (Å²) in [6.07, 6.45) is 0.589. The van der Waals surface area contributed by atoms with E-state index in [0.717, 1.165) is 0 Å². The Morgan fingerprint density at radius 3 is 2.33 bits per heavy atom. The molecule has 1 unspecified atom stereocenters. The first kappa shape index (κ1) is 14.0. The van der Waals surface area contributed by atoms with Crippen LogP contribution in [0.1, 0.15) is 27.2 Å². The van der Waals surface area contributed by atoms with Crippen molar-refractivity contribution in [3.63, 3.8) is 0 Å². The van der Waals surface area contributed by atoms with E-state index in [1.165, 1.54) is 0 Å². The number of halogens is 1. The molecular weight excluding hydrogens is 178 g/mol. The monoisotopic (exact) mass is 193 g/mol. The summed E-state index contributed by atoms with van der Waals surface area (Å²) in [5.74, 6) is -0.433. The van der Waals surface area contributed by atoms with Gasteiger partial charge in [0.1, 0.15) is 0 Å². The molecule has 1 atom stereocenters. The fourth-order valence-corrected chi connectivity index (χ4v) is 0.371. The SMILES string of the molecule is C=C(C)C(=O)OC(C)(N)CC.Cl. The van der Waals surface area contributed by atoms with E-state index < -0.39 is 11.7 Å². The number of nitrogens with two attached hydrogens (primary N) is 1. The van der Waals surface area contributed by atoms with E-state index in [-0.39, 0.29) is 12.4 Å². The number of esters is 1. The van der Waals surface area contributed by atoms with Crippen LogP contribution < -0.4 is 5.73 Å². The lowest BCUT2D eigenvalue weighted by Crippen LogP contribution is -2.40. The largest absolute Gasteiger partial charge is 0.441 e. The predicted octanol–water partition coefficient (Wildman–Crippen LogP) is 1.61. The molecule has 0 aromatic carbocycles. The average molecular weight is 194 g/mol. The Morgan fingerprint density at radius 1 is 1.67 bits per heavy atom. The topological polar surface area (TPSA) is 52.3 Å². The molecule has 0 aromatic heterocycles. The highest BCUT2D eigenvalue weighted by atomic mass is 35.5. The maximum Gasteiger partial charge on any atom is 0.334 e. The number of rotatable bonds is 3. The van der Waals surface area contributed by atoms with E-state index >= 15 is 0 Å². The van der Waals surface area contributed by atoms with Gasteiger partial charge in [0.05, 0.1) is 0 Å². The molecule has 12 heavy (non-hydrogen) atoms. The molecule has 0 aliphatic rings. The minimum Gasteiger partial charge on any atom is -0.441 e. The Morgan fingerprint density at radius 2 is 2.08 bits per heavy atom. The first-order valence-electron chi connectivity index (χ1n) is 3.57. The molecular formula is C8H16ClNO2. The van der Waals surface area contributed by atoms with Crippen molar-refractivity contribution in [1.29, 1.82) is 0 Å². The zero-order chi connectivity index (χ0) is 9.07. The standard InChI is InChI=1S/C8H15NO2.ClH/c1-5-8(4,9)11-7(10)6(2)3;/h2,5,9H2,1,3-4H3;1H. The summed E-state index contributed by atoms with van der Waals surface area (Å²) in [6, 6.07) is 0. The van der Waals surface area contributed by atoms with E-state index in [9.17, 15) is 4.79 Å². The fraction of sp³-hybridized carbons (Fsp3) is 0.625. The van der Waals surface area contributed by atoms with Gasteiger partial charge in [0.2, 0.25) is 0 Å². The van der Waals surface area contributed by atoms with Crippen molar-refractivity contribution in [3.05, 3.63) is 12.2 Å². The molecule has 0 aliphatic carbocycles. The third-order valence-electron chi connectivity index (χ3n) is 1.38. The lowest BCUT2D eigenvalue weighted by molar-refractivity contribution is -0.152. The molecule has 0 amide bonds. The van der Waals surface area contributed by atoms with Gasteiger partial charge >= 0.3 is 5.97 Å². The van der Waals surface area contributed by atoms with E-state index in [1.807, 2.05) is 6.92 Å². The van der Waals surface area contributed by atoms with Crippen LogP contribution in [0.15, 0.2) is 12.2 Å². The summed E-state index contributed by atoms with van der Waals surface area (Å²) in [6.45, 7) is 8.55. The molecule has 4 heteroatoms. The third kappa shape index (κ3) is 5.16. The molecule has 0 spiro atoms. The van der Waals surface area contributed by atoms with Gasteiger partial charge in [-0.05, 0) is 20.3 Å². The van der Waals surface area contributed by atoms with E-state index in [4.69, 9.17) is 10.5 Å². The maximum atomic E-state index is 10.9. The molecule has 72 valence electrons. The van der Waals surface area contributed by atoms with Gasteiger partial charge in [0.15, 0.2) is 5.72 Å². The quantitative estimate of drug-likeness (QED) is 0.421. The molecule has 0 heterocycles. The minimum absolute atomic E-state index is 0. The molecule has 0 saturated carbocycles. The Hall–Kier alpha value is -0.540. The molecule has 0 rings (SSSR count). The van der Waals surface area contributed by atoms with Crippen LogP contribution in [0.5, 0.6) is 0 Å². The van der Waals surface area contributed by atoms with Crippen molar-refractivity contribution in [2.45, 2.75) is 32.9 Å². The van der Waals surface area contributed by atoms with Gasteiger partial charge in [-0.1, -0.05) is 13.5 Å². The predicted molar refractivity (Wildman–Crippen MR) is 51.0 cm³/mol. The van der Waals surface area contributed by atoms with Gasteiger partial charge in [-0.3, -0.25) is 5.73 Å². The third-order valence-corrected chi connectivity index (χ3v) is 1.38. The molecule has 0 saturated heterocycles. The molecule has 0 aliphatic heterocycles. The molecule has 0 radical (unpaired) electrons. The molecule has 0 bridgehead atoms. The fourth-order valence-electron chi connectivity index (χ4n) is 0.371. The lowest BCUT2D eigenvalue weighted by atomic mass is 10.2. The zero-order valence-electron chi connectivity index (χ0n) is 7.72. The van der Waals surface area contributed by atoms with Crippen molar-refractivity contribution in [2.75, 3.05) is 0 Å². The van der Waals surface area contributed by atoms with E-state index in [2.05, 4.69) is 6.58 Å². The second kappa shape index (κ2) is 5.17. The van der Waals surface area contributed by atoms with Gasteiger partial charge in [-0.15, -0.1) is 12.4 Å². The molecule has 0 fully saturated rings. The molecule has 0 aromatic rings. The van der Waals surface area contributed by atoms with Gasteiger partial charge in [0.25, 0.3) is 0 Å². The van der Waals surface area contributed by atoms with Crippen molar-refractivity contribution >= 4 is 18.4 Å². The van der Waals surface area contributed by atoms with Crippen LogP contribution in [0.2, 0.25) is 0 Å². The van der Waals surface area contributed by atoms with Crippen LogP contribution in [0, 0.1) is 0 Å². The number of carbonyl (C=O) groups is 1. The summed E-state index contributed by atoms with van der Waals surface area (Å²) < 4.78 is 4.89. The van der Waals surface area contributed by atoms with Gasteiger partial charge < -0.3 is 4.74 Å². The van der Waals surface area contributed by atoms with Crippen molar-refractivity contribution in [2.24, 2.45) is 5.73 Å². The number of hydrogen-bond donors (Lipinski definition) is 1. The Balaban J connectivity index is 0. The van der Waals surface area contributed by atoms with Crippen molar-refractivity contribution in [1.82, 2.24) is 0 Å². The first-order valence-corrected chi connectivity index (χ1v) is 3.57. The number of ether oxygens (including phenoxy) is 1. The zero-order valence-corrected chi connectivity index (χ0v) is 8.53. The van der Waals surface area contributed by atoms with E-state index in [1.54, 1.807) is 13.8 Å². The molecule has 3 nitrogen and oxygen atoms in total. The lowest BCUT2D eigenvalue weighted by Gasteiger charge is -2.22. The summed E-state index contributed by atoms with van der Waals surface area (Å²) in [5, 5.41) is 0. The van der Waals surface area contributed by atoms with Crippen LogP contribution in [0.25, 0.3) is 0 Å². The maximum absolute atomic E-state index is 10.9. The van der Waals surface area contributed by atoms with Crippen LogP contribution >= 0.6 is 12.4 Å². The highest BCUT2D eigenvalue weighted by Crippen LogP contribution is 2.08. The van der Waals surface area contributed by atoms with Crippen molar-refractivity contribution < 1.29 is 9.53 Å². The summed E-state index contributed by atoms with van der Waals surface area (Å²) in [5.41, 5.74) is 5.08. The summed E-state index contributed by atoms with van der Waals surface area (Å²) in [4.78, 5) is 10.9. The number of hydrogen-bond acceptors (Lipinski definition) is 3. The van der Waals surface area contributed by atoms with Gasteiger partial charge in [-0.25, -0.2) is 4.79 Å². The Bertz CT molecular complexity index is 178. The van der Waals surface area contributed by atoms with Gasteiger partial charge in [0, 0.05) is 5.57 Å². The average Bonchev–Trinajstić information content (AvgIpc) is 1.87. The van der Waals surface area contributed by atoms with Crippen molar-refractivity contribution in [3.8, 4) is 0 Å². The van der Waals surface area contributed by atoms with Crippen LogP contribution in [-0.2, 0) is 9.53 Å². The smallest absolute Gasteiger partial charge is 0.334 e. The van der Waals surface area contributed by atoms with Crippen LogP contribution in [-0.4, -0.2) is 11.7 Å². The first-order chi connectivity index (χ1) is 4.89. The summed E-state index contributed by atoms with van der Waals surface area (Å²) in [7, 11) is 0. The van der Waals surface area contributed by atoms with Gasteiger partial charge in [-0.2, -0.15) is 0 Å². The minimum atomic E-state index is -0.865. The molecule has 2 N–H and O–H groups in total. The Labute approximate surface area is 79.4 Å². The second-order valence-corrected chi connectivity index (χ2v) is 2.84. The van der Waals surface area contributed by atoms with Crippen LogP contribution in [0.3, 0.4) is 0 Å². The summed E-state index contributed by atoms with van der Waals surface area (Å²) >= 11 is 0. The normalized spacial score (nSPS) is 14.0. The Kier molecular flexibility index (Phi) is 6.03. The number of carbonyl (C=O) groups excluding carboxylic acids is 1. The van der Waals surface area contributed by atoms with Crippen LogP contribution in [0.4, 0.5) is 0 Å². The highest BCUT2D eigenvalue weighted by molar-refractivity contribution is 5.87. The second-order valence-electron chi connectivity index (χ2n) is 2.84. The highest BCUT2D eigenvalue weighted by Gasteiger charge is 2.20. The van der Waals surface area contributed by atoms with E-state index in [0.29, 0.717) is 12.0 Å².